The molecule has 0 heterocycles. The number of hydrogen-bond acceptors (Lipinski definition) is 3. The topological polar surface area (TPSA) is 29.5 Å². The first kappa shape index (κ1) is 26.6. The molecule has 0 aliphatic heterocycles. The van der Waals surface area contributed by atoms with Crippen molar-refractivity contribution in [3.63, 3.8) is 0 Å². The van der Waals surface area contributed by atoms with Crippen LogP contribution in [-0.4, -0.2) is 12.2 Å². The van der Waals surface area contributed by atoms with Crippen molar-refractivity contribution in [3.05, 3.63) is 47.5 Å². The third-order valence-electron chi connectivity index (χ3n) is 5.75. The Morgan fingerprint density at radius 3 is 1.53 bits per heavy atom. The highest BCUT2D eigenvalue weighted by Crippen LogP contribution is 2.43. The van der Waals surface area contributed by atoms with Crippen LogP contribution in [0.15, 0.2) is 46.2 Å². The first-order chi connectivity index (χ1) is 14.4. The second-order valence-corrected chi connectivity index (χ2v) is 14.1. The molecule has 32 heavy (non-hydrogen) atoms. The molecule has 0 amide bonds. The quantitative estimate of drug-likeness (QED) is 0.451. The van der Waals surface area contributed by atoms with Gasteiger partial charge in [-0.25, -0.2) is 0 Å². The maximum atomic E-state index is 10.5. The van der Waals surface area contributed by atoms with Crippen LogP contribution in [0.2, 0.25) is 0 Å². The minimum Gasteiger partial charge on any atom is -0.508 e. The summed E-state index contributed by atoms with van der Waals surface area (Å²) < 4.78 is 5.65. The lowest BCUT2D eigenvalue weighted by Crippen LogP contribution is -2.25. The molecule has 2 rings (SSSR count). The second-order valence-electron chi connectivity index (χ2n) is 13.0. The van der Waals surface area contributed by atoms with E-state index < -0.39 is 0 Å². The number of ether oxygens (including phenoxy) is 1. The standard InChI is InChI=1S/C29H44O2S/c1-26(2,3)18-28(7,8)20-12-22(30)16-24(14-20)32-25-15-21(13-23(17-25)31-11)29(9,10)19-27(4,5)6/h12-17,30H,18-19H2,1-11H3. The SMILES string of the molecule is COc1cc(Sc2cc(O)cc(C(C)(C)CC(C)(C)C)c2)cc(C(C)(C)CC(C)(C)C)c1. The molecule has 0 fully saturated rings. The second kappa shape index (κ2) is 9.33. The Balaban J connectivity index is 2.44. The van der Waals surface area contributed by atoms with Crippen molar-refractivity contribution in [1.29, 1.82) is 0 Å². The fourth-order valence-corrected chi connectivity index (χ4v) is 6.16. The molecule has 178 valence electrons. The number of aromatic hydroxyl groups is 1. The molecule has 1 N–H and O–H groups in total. The largest absolute Gasteiger partial charge is 0.508 e. The molecule has 0 aliphatic carbocycles. The zero-order valence-corrected chi connectivity index (χ0v) is 23.0. The van der Waals surface area contributed by atoms with Crippen molar-refractivity contribution < 1.29 is 9.84 Å². The van der Waals surface area contributed by atoms with E-state index in [4.69, 9.17) is 4.74 Å². The average Bonchev–Trinajstić information content (AvgIpc) is 2.56. The van der Waals surface area contributed by atoms with Crippen LogP contribution < -0.4 is 4.74 Å². The Morgan fingerprint density at radius 2 is 1.09 bits per heavy atom. The van der Waals surface area contributed by atoms with Gasteiger partial charge in [-0.15, -0.1) is 0 Å². The summed E-state index contributed by atoms with van der Waals surface area (Å²) in [6.45, 7) is 22.8. The van der Waals surface area contributed by atoms with Crippen LogP contribution in [0.25, 0.3) is 0 Å². The highest BCUT2D eigenvalue weighted by molar-refractivity contribution is 7.99. The molecule has 2 aromatic rings. The lowest BCUT2D eigenvalue weighted by Gasteiger charge is -2.33. The summed E-state index contributed by atoms with van der Waals surface area (Å²) >= 11 is 1.69. The van der Waals surface area contributed by atoms with Gasteiger partial charge in [0.25, 0.3) is 0 Å². The predicted octanol–water partition coefficient (Wildman–Crippen LogP) is 8.98. The van der Waals surface area contributed by atoms with Gasteiger partial charge in [0.2, 0.25) is 0 Å². The molecule has 0 aromatic heterocycles. The Hall–Kier alpha value is -1.61. The van der Waals surface area contributed by atoms with E-state index in [2.05, 4.69) is 93.5 Å². The molecular weight excluding hydrogens is 412 g/mol. The van der Waals surface area contributed by atoms with Gasteiger partial charge in [0.05, 0.1) is 7.11 Å². The fraction of sp³-hybridized carbons (Fsp3) is 0.586. The van der Waals surface area contributed by atoms with Crippen LogP contribution >= 0.6 is 11.8 Å². The maximum Gasteiger partial charge on any atom is 0.120 e. The summed E-state index contributed by atoms with van der Waals surface area (Å²) in [5.74, 6) is 1.20. The number of methoxy groups -OCH3 is 1. The lowest BCUT2D eigenvalue weighted by molar-refractivity contribution is 0.283. The van der Waals surface area contributed by atoms with Crippen LogP contribution in [0.4, 0.5) is 0 Å². The van der Waals surface area contributed by atoms with E-state index in [-0.39, 0.29) is 21.7 Å². The molecule has 3 heteroatoms. The van der Waals surface area contributed by atoms with E-state index in [1.807, 2.05) is 12.1 Å². The molecule has 0 atom stereocenters. The highest BCUT2D eigenvalue weighted by atomic mass is 32.2. The smallest absolute Gasteiger partial charge is 0.120 e. The molecule has 0 spiro atoms. The van der Waals surface area contributed by atoms with E-state index in [0.29, 0.717) is 5.75 Å². The Morgan fingerprint density at radius 1 is 0.656 bits per heavy atom. The molecule has 0 bridgehead atoms. The zero-order chi connectivity index (χ0) is 24.5. The number of phenolic OH excluding ortho intramolecular Hbond substituents is 1. The molecule has 2 aromatic carbocycles. The molecule has 2 nitrogen and oxygen atoms in total. The first-order valence-corrected chi connectivity index (χ1v) is 12.4. The highest BCUT2D eigenvalue weighted by Gasteiger charge is 2.29. The van der Waals surface area contributed by atoms with Gasteiger partial charge in [-0.2, -0.15) is 0 Å². The summed E-state index contributed by atoms with van der Waals surface area (Å²) in [7, 11) is 1.73. The maximum absolute atomic E-state index is 10.5. The molecule has 0 aliphatic rings. The van der Waals surface area contributed by atoms with Crippen LogP contribution in [0.3, 0.4) is 0 Å². The number of phenols is 1. The Kier molecular flexibility index (Phi) is 7.77. The van der Waals surface area contributed by atoms with Crippen molar-refractivity contribution in [2.45, 2.75) is 103 Å². The summed E-state index contributed by atoms with van der Waals surface area (Å²) in [4.78, 5) is 2.18. The van der Waals surface area contributed by atoms with E-state index in [1.165, 1.54) is 11.1 Å². The van der Waals surface area contributed by atoms with Crippen LogP contribution in [0.1, 0.15) is 93.2 Å². The van der Waals surface area contributed by atoms with Crippen LogP contribution in [0, 0.1) is 10.8 Å². The minimum atomic E-state index is -0.0272. The van der Waals surface area contributed by atoms with Gasteiger partial charge in [0.1, 0.15) is 11.5 Å². The normalized spacial score (nSPS) is 13.3. The van der Waals surface area contributed by atoms with Crippen molar-refractivity contribution in [2.24, 2.45) is 10.8 Å². The fourth-order valence-electron chi connectivity index (χ4n) is 5.16. The summed E-state index contributed by atoms with van der Waals surface area (Å²) in [5, 5.41) is 10.5. The van der Waals surface area contributed by atoms with Gasteiger partial charge >= 0.3 is 0 Å². The van der Waals surface area contributed by atoms with Crippen molar-refractivity contribution in [2.75, 3.05) is 7.11 Å². The Bertz CT molecular complexity index is 927. The third kappa shape index (κ3) is 7.76. The van der Waals surface area contributed by atoms with E-state index >= 15 is 0 Å². The van der Waals surface area contributed by atoms with Crippen molar-refractivity contribution in [3.8, 4) is 11.5 Å². The number of hydrogen-bond donors (Lipinski definition) is 1. The zero-order valence-electron chi connectivity index (χ0n) is 22.1. The molecule has 0 unspecified atom stereocenters. The van der Waals surface area contributed by atoms with Gasteiger partial charge in [-0.05, 0) is 82.0 Å². The Labute approximate surface area is 201 Å². The molecular formula is C29H44O2S. The van der Waals surface area contributed by atoms with Crippen molar-refractivity contribution >= 4 is 11.8 Å². The summed E-state index contributed by atoms with van der Waals surface area (Å²) in [5.41, 5.74) is 2.90. The first-order valence-electron chi connectivity index (χ1n) is 11.6. The van der Waals surface area contributed by atoms with Crippen LogP contribution in [-0.2, 0) is 10.8 Å². The lowest BCUT2D eigenvalue weighted by atomic mass is 9.72. The predicted molar refractivity (Wildman–Crippen MR) is 139 cm³/mol. The summed E-state index contributed by atoms with van der Waals surface area (Å²) in [6.07, 6.45) is 2.12. The van der Waals surface area contributed by atoms with Gasteiger partial charge < -0.3 is 9.84 Å². The van der Waals surface area contributed by atoms with E-state index in [1.54, 1.807) is 18.9 Å². The van der Waals surface area contributed by atoms with Crippen molar-refractivity contribution in [1.82, 2.24) is 0 Å². The van der Waals surface area contributed by atoms with Crippen LogP contribution in [0.5, 0.6) is 11.5 Å². The number of benzene rings is 2. The monoisotopic (exact) mass is 456 g/mol. The van der Waals surface area contributed by atoms with E-state index in [9.17, 15) is 5.11 Å². The molecule has 0 saturated carbocycles. The summed E-state index contributed by atoms with van der Waals surface area (Å²) in [6, 6.07) is 12.5. The van der Waals surface area contributed by atoms with Gasteiger partial charge in [-0.1, -0.05) is 81.0 Å². The molecule has 0 radical (unpaired) electrons. The molecule has 0 saturated heterocycles. The van der Waals surface area contributed by atoms with E-state index in [0.717, 1.165) is 28.4 Å². The average molecular weight is 457 g/mol. The van der Waals surface area contributed by atoms with Gasteiger partial charge in [0.15, 0.2) is 0 Å². The number of rotatable bonds is 7. The minimum absolute atomic E-state index is 0.0272. The van der Waals surface area contributed by atoms with Gasteiger partial charge in [-0.3, -0.25) is 0 Å². The van der Waals surface area contributed by atoms with Gasteiger partial charge in [0, 0.05) is 9.79 Å². The third-order valence-corrected chi connectivity index (χ3v) is 6.69.